The second-order valence-corrected chi connectivity index (χ2v) is 12.1. The number of carboxylic acids is 1. The van der Waals surface area contributed by atoms with Crippen LogP contribution in [0.5, 0.6) is 23.0 Å². The van der Waals surface area contributed by atoms with Gasteiger partial charge in [0.15, 0.2) is 12.7 Å². The average Bonchev–Trinajstić information content (AvgIpc) is 3.12. The van der Waals surface area contributed by atoms with Crippen LogP contribution in [0.1, 0.15) is 45.7 Å². The Bertz CT molecular complexity index is 2170. The van der Waals surface area contributed by atoms with Crippen LogP contribution in [-0.2, 0) is 36.2 Å². The quantitative estimate of drug-likeness (QED) is 0.0469. The molecule has 4 rings (SSSR count). The van der Waals surface area contributed by atoms with Crippen LogP contribution in [0.15, 0.2) is 72.8 Å². The third kappa shape index (κ3) is 13.1. The molecule has 0 saturated heterocycles. The van der Waals surface area contributed by atoms with Gasteiger partial charge in [-0.25, -0.2) is 19.2 Å². The van der Waals surface area contributed by atoms with Crippen molar-refractivity contribution in [2.45, 2.75) is 32.3 Å². The third-order valence-electron chi connectivity index (χ3n) is 6.77. The number of hydrogen-bond donors (Lipinski definition) is 1. The van der Waals surface area contributed by atoms with Crippen molar-refractivity contribution in [3.8, 4) is 23.0 Å². The first-order valence-corrected chi connectivity index (χ1v) is 16.6. The number of esters is 3. The number of nitro benzene ring substituents is 1. The molecule has 4 aromatic rings. The number of carbonyl (C=O) groups excluding carboxylic acids is 3. The SMILES string of the molecule is CCOC(=O)COC(=O)c1cc(Oc2ccc(C(F)(F)F)cc2Cl)ccc1[N+](=O)[O-].C[C@H](OC(=O)c1cc(Oc2ccc(C(F)(F)F)cc2Cl)ccc1Cl)C(=O)O. The summed E-state index contributed by atoms with van der Waals surface area (Å²) in [5, 5.41) is 19.3. The number of carboxylic acid groups (broad SMARTS) is 1. The van der Waals surface area contributed by atoms with E-state index in [4.69, 9.17) is 58.9 Å². The summed E-state index contributed by atoms with van der Waals surface area (Å²) in [6.07, 6.45) is -10.6. The summed E-state index contributed by atoms with van der Waals surface area (Å²) in [5.41, 5.74) is -3.28. The molecule has 0 aromatic heterocycles. The van der Waals surface area contributed by atoms with Gasteiger partial charge in [-0.3, -0.25) is 10.1 Å². The van der Waals surface area contributed by atoms with Crippen molar-refractivity contribution in [2.75, 3.05) is 13.2 Å². The molecule has 22 heteroatoms. The first-order chi connectivity index (χ1) is 26.5. The molecule has 0 radical (unpaired) electrons. The molecular weight excluding hydrogens is 847 g/mol. The van der Waals surface area contributed by atoms with Gasteiger partial charge in [-0.05, 0) is 74.5 Å². The maximum atomic E-state index is 12.7. The topological polar surface area (TPSA) is 178 Å². The molecule has 0 spiro atoms. The molecule has 0 aliphatic rings. The van der Waals surface area contributed by atoms with Gasteiger partial charge in [-0.1, -0.05) is 34.8 Å². The largest absolute Gasteiger partial charge is 0.479 e. The first kappa shape index (κ1) is 45.6. The molecule has 304 valence electrons. The van der Waals surface area contributed by atoms with Gasteiger partial charge in [0.1, 0.15) is 28.6 Å². The zero-order valence-corrected chi connectivity index (χ0v) is 31.0. The van der Waals surface area contributed by atoms with E-state index in [0.29, 0.717) is 12.1 Å². The van der Waals surface area contributed by atoms with E-state index in [9.17, 15) is 55.6 Å². The molecule has 13 nitrogen and oxygen atoms in total. The molecule has 0 bridgehead atoms. The third-order valence-corrected chi connectivity index (χ3v) is 7.69. The molecule has 0 saturated carbocycles. The average molecular weight is 871 g/mol. The van der Waals surface area contributed by atoms with E-state index in [1.54, 1.807) is 0 Å². The van der Waals surface area contributed by atoms with Crippen LogP contribution < -0.4 is 9.47 Å². The Morgan fingerprint density at radius 1 is 0.719 bits per heavy atom. The van der Waals surface area contributed by atoms with Gasteiger partial charge in [0, 0.05) is 12.1 Å². The fourth-order valence-corrected chi connectivity index (χ4v) is 4.71. The van der Waals surface area contributed by atoms with Gasteiger partial charge in [0.2, 0.25) is 0 Å². The van der Waals surface area contributed by atoms with Crippen molar-refractivity contribution >= 4 is 64.4 Å². The number of ether oxygens (including phenoxy) is 5. The van der Waals surface area contributed by atoms with E-state index < -0.39 is 76.2 Å². The van der Waals surface area contributed by atoms with Gasteiger partial charge >= 0.3 is 36.2 Å². The van der Waals surface area contributed by atoms with Gasteiger partial charge in [-0.2, -0.15) is 26.3 Å². The summed E-state index contributed by atoms with van der Waals surface area (Å²) in [6.45, 7) is 1.99. The van der Waals surface area contributed by atoms with Crippen molar-refractivity contribution in [1.82, 2.24) is 0 Å². The highest BCUT2D eigenvalue weighted by molar-refractivity contribution is 6.34. The Balaban J connectivity index is 0.000000307. The Kier molecular flexibility index (Phi) is 15.5. The lowest BCUT2D eigenvalue weighted by Gasteiger charge is -2.13. The van der Waals surface area contributed by atoms with Crippen molar-refractivity contribution in [3.63, 3.8) is 0 Å². The number of hydrogen-bond acceptors (Lipinski definition) is 11. The minimum absolute atomic E-state index is 0.0246. The minimum Gasteiger partial charge on any atom is -0.479 e. The molecular formula is C35H24Cl3F6NO12. The van der Waals surface area contributed by atoms with E-state index in [2.05, 4.69) is 4.74 Å². The van der Waals surface area contributed by atoms with Crippen LogP contribution in [0.25, 0.3) is 0 Å². The molecule has 0 aliphatic carbocycles. The maximum absolute atomic E-state index is 12.7. The van der Waals surface area contributed by atoms with E-state index in [-0.39, 0.29) is 50.2 Å². The predicted octanol–water partition coefficient (Wildman–Crippen LogP) is 10.2. The normalized spacial score (nSPS) is 11.6. The Labute approximate surface area is 331 Å². The van der Waals surface area contributed by atoms with Gasteiger partial charge < -0.3 is 28.8 Å². The Morgan fingerprint density at radius 2 is 1.21 bits per heavy atom. The second-order valence-electron chi connectivity index (χ2n) is 10.8. The predicted molar refractivity (Wildman–Crippen MR) is 187 cm³/mol. The van der Waals surface area contributed by atoms with Gasteiger partial charge in [0.05, 0.1) is 43.3 Å². The highest BCUT2D eigenvalue weighted by Crippen LogP contribution is 2.39. The smallest absolute Gasteiger partial charge is 0.416 e. The molecule has 0 aliphatic heterocycles. The molecule has 57 heavy (non-hydrogen) atoms. The molecule has 4 aromatic carbocycles. The van der Waals surface area contributed by atoms with E-state index >= 15 is 0 Å². The van der Waals surface area contributed by atoms with Crippen molar-refractivity contribution < 1.29 is 79.2 Å². The molecule has 0 unspecified atom stereocenters. The Hall–Kier alpha value is -5.79. The van der Waals surface area contributed by atoms with Crippen LogP contribution >= 0.6 is 34.8 Å². The monoisotopic (exact) mass is 869 g/mol. The summed E-state index contributed by atoms with van der Waals surface area (Å²) < 4.78 is 101. The number of nitro groups is 1. The molecule has 1 atom stereocenters. The zero-order valence-electron chi connectivity index (χ0n) is 28.7. The summed E-state index contributed by atoms with van der Waals surface area (Å²) in [5.74, 6) is -4.74. The Morgan fingerprint density at radius 3 is 1.65 bits per heavy atom. The lowest BCUT2D eigenvalue weighted by atomic mass is 10.1. The van der Waals surface area contributed by atoms with Crippen LogP contribution in [0.2, 0.25) is 15.1 Å². The minimum atomic E-state index is -4.61. The van der Waals surface area contributed by atoms with Crippen molar-refractivity contribution in [2.24, 2.45) is 0 Å². The number of nitrogens with zero attached hydrogens (tertiary/aromatic N) is 1. The van der Waals surface area contributed by atoms with Crippen molar-refractivity contribution in [3.05, 3.63) is 120 Å². The fraction of sp³-hybridized carbons (Fsp3) is 0.200. The fourth-order valence-electron chi connectivity index (χ4n) is 4.08. The number of benzene rings is 4. The van der Waals surface area contributed by atoms with Gasteiger partial charge in [-0.15, -0.1) is 0 Å². The molecule has 0 heterocycles. The van der Waals surface area contributed by atoms with Crippen LogP contribution in [0.4, 0.5) is 32.0 Å². The number of halogens is 9. The summed E-state index contributed by atoms with van der Waals surface area (Å²) in [6, 6.07) is 11.7. The zero-order chi connectivity index (χ0) is 42.8. The lowest BCUT2D eigenvalue weighted by molar-refractivity contribution is -0.385. The summed E-state index contributed by atoms with van der Waals surface area (Å²) >= 11 is 17.5. The van der Waals surface area contributed by atoms with E-state index in [1.165, 1.54) is 19.1 Å². The molecule has 0 fully saturated rings. The summed E-state index contributed by atoms with van der Waals surface area (Å²) in [4.78, 5) is 56.6. The van der Waals surface area contributed by atoms with Gasteiger partial charge in [0.25, 0.3) is 5.69 Å². The second kappa shape index (κ2) is 19.4. The maximum Gasteiger partial charge on any atom is 0.416 e. The first-order valence-electron chi connectivity index (χ1n) is 15.5. The molecule has 1 N–H and O–H groups in total. The van der Waals surface area contributed by atoms with Crippen LogP contribution in [0.3, 0.4) is 0 Å². The number of alkyl halides is 6. The molecule has 0 amide bonds. The number of rotatable bonds is 12. The highest BCUT2D eigenvalue weighted by Gasteiger charge is 2.32. The van der Waals surface area contributed by atoms with Crippen LogP contribution in [0, 0.1) is 10.1 Å². The number of aliphatic carboxylic acids is 1. The summed E-state index contributed by atoms with van der Waals surface area (Å²) in [7, 11) is 0. The van der Waals surface area contributed by atoms with Crippen molar-refractivity contribution in [1.29, 1.82) is 0 Å². The van der Waals surface area contributed by atoms with E-state index in [0.717, 1.165) is 55.5 Å². The standard InChI is InChI=1S/C18H13ClF3NO7.C17H11Cl2F3O5/c1-2-28-16(24)9-29-17(25)12-8-11(4-5-14(12)23(26)27)30-15-6-3-10(7-13(15)19)18(20,21)22;1-8(15(23)24)26-16(25)11-7-10(3-4-12(11)18)27-14-5-2-9(6-13(14)19)17(20,21)22/h3-8H,2,9H2,1H3;2-8H,1H3,(H,23,24)/t;8-/m.0/s1. The van der Waals surface area contributed by atoms with E-state index in [1.807, 2.05) is 0 Å². The number of carbonyl (C=O) groups is 4. The highest BCUT2D eigenvalue weighted by atomic mass is 35.5. The lowest BCUT2D eigenvalue weighted by Crippen LogP contribution is -2.23. The van der Waals surface area contributed by atoms with Crippen LogP contribution in [-0.4, -0.2) is 53.2 Å².